The van der Waals surface area contributed by atoms with Gasteiger partial charge < -0.3 is 40.2 Å². The second-order valence-electron chi connectivity index (χ2n) is 21.3. The summed E-state index contributed by atoms with van der Waals surface area (Å²) in [5.41, 5.74) is -6.81. The Morgan fingerprint density at radius 2 is 0.429 bits per heavy atom. The molecule has 0 saturated heterocycles. The van der Waals surface area contributed by atoms with E-state index < -0.39 is 217 Å². The number of hydrogen-bond acceptors (Lipinski definition) is 10. The van der Waals surface area contributed by atoms with Gasteiger partial charge in [-0.2, -0.15) is 158 Å². The molecule has 0 fully saturated rings. The summed E-state index contributed by atoms with van der Waals surface area (Å²) in [6, 6.07) is 8.23. The zero-order valence-corrected chi connectivity index (χ0v) is 50.1. The monoisotopic (exact) mass is 1600 g/mol. The SMILES string of the molecule is O=C(Nc1ccc(Cc2ccc(NC(=O)Nc3cc(C(=O)OCCC(F)(F)C(F)(F)C(F)(F)C(F)(F)F)cc(C(=O)OCCC(F)(F)C(F)(F)C(F)(F)C(F)(F)F)c3)cc2)cc1)Nc1cc(C(=O)OCCC(F)(F)C(F)(F)C(F)(F)C(F)(F)F)cc(C(=O)OCCC(F)(F)C(F)(F)C(F)(F)C(F)(F)F)c1. The smallest absolute Gasteiger partial charge is 0.460 e. The van der Waals surface area contributed by atoms with Gasteiger partial charge >= 0.3 is 132 Å². The Kier molecular flexibility index (Phi) is 25.5. The highest BCUT2D eigenvalue weighted by atomic mass is 19.5. The molecule has 0 spiro atoms. The molecule has 0 unspecified atom stereocenters. The fourth-order valence-corrected chi connectivity index (χ4v) is 7.79. The van der Waals surface area contributed by atoms with Crippen molar-refractivity contribution in [2.75, 3.05) is 47.7 Å². The van der Waals surface area contributed by atoms with Gasteiger partial charge in [0.1, 0.15) is 0 Å². The number of carbonyl (C=O) groups excluding carboxylic acids is 6. The first-order valence-electron chi connectivity index (χ1n) is 27.2. The van der Waals surface area contributed by atoms with Crippen LogP contribution in [-0.2, 0) is 25.4 Å². The quantitative estimate of drug-likeness (QED) is 0.0222. The van der Waals surface area contributed by atoms with Crippen LogP contribution in [0.1, 0.15) is 78.2 Å². The molecule has 588 valence electrons. The second kappa shape index (κ2) is 30.3. The van der Waals surface area contributed by atoms with Crippen molar-refractivity contribution in [3.8, 4) is 0 Å². The highest BCUT2D eigenvalue weighted by molar-refractivity contribution is 6.04. The Morgan fingerprint density at radius 1 is 0.248 bits per heavy atom. The van der Waals surface area contributed by atoms with Crippen molar-refractivity contribution >= 4 is 58.7 Å². The fraction of sp³-hybridized carbons (Fsp3) is 0.455. The molecule has 0 aliphatic heterocycles. The standard InChI is InChI=1S/C55H36F36N4O10/c56-40(57,44(64,65)48(72,73)52(80,81)82)9-13-102-34(96)26-18-27(35(97)103-14-10-41(58,59)45(66,67)49(74,75)53(83,84)85)21-32(20-26)94-38(100)92-30-5-1-24(2-6-30)17-25-3-7-31(8-4-25)93-39(101)95-33-22-28(36(98)104-15-11-42(60,61)46(68,69)50(76,77)54(86,87)88)19-29(23-33)37(99)105-16-12-43(62,63)47(70,71)51(78,79)55(89,90)91/h1-8,18-23H,9-17H2,(H2,92,94,100)(H2,93,95,101). The maximum absolute atomic E-state index is 14.1. The number of halogens is 36. The lowest BCUT2D eigenvalue weighted by molar-refractivity contribution is -0.397. The van der Waals surface area contributed by atoms with Crippen LogP contribution in [0.4, 0.5) is 190 Å². The van der Waals surface area contributed by atoms with E-state index in [9.17, 15) is 187 Å². The lowest BCUT2D eigenvalue weighted by atomic mass is 10.0. The van der Waals surface area contributed by atoms with Gasteiger partial charge in [-0.3, -0.25) is 0 Å². The van der Waals surface area contributed by atoms with Crippen LogP contribution in [0.5, 0.6) is 0 Å². The van der Waals surface area contributed by atoms with Crippen LogP contribution in [0.2, 0.25) is 0 Å². The number of carbonyl (C=O) groups is 6. The molecule has 0 aliphatic carbocycles. The molecule has 14 nitrogen and oxygen atoms in total. The normalized spacial score (nSPS) is 13.9. The molecule has 0 aliphatic rings. The summed E-state index contributed by atoms with van der Waals surface area (Å²) < 4.78 is 497. The number of nitrogens with one attached hydrogen (secondary N) is 4. The minimum atomic E-state index is -7.42. The minimum absolute atomic E-state index is 0.0943. The maximum atomic E-state index is 14.1. The van der Waals surface area contributed by atoms with Gasteiger partial charge in [-0.1, -0.05) is 24.3 Å². The van der Waals surface area contributed by atoms with Gasteiger partial charge in [0.25, 0.3) is 0 Å². The van der Waals surface area contributed by atoms with Crippen LogP contribution in [0, 0.1) is 0 Å². The van der Waals surface area contributed by atoms with E-state index in [-0.39, 0.29) is 29.9 Å². The minimum Gasteiger partial charge on any atom is -0.462 e. The topological polar surface area (TPSA) is 187 Å². The van der Waals surface area contributed by atoms with Gasteiger partial charge in [-0.25, -0.2) is 28.8 Å². The molecule has 4 aromatic rings. The average molecular weight is 1600 g/mol. The first kappa shape index (κ1) is 88.2. The predicted molar refractivity (Wildman–Crippen MR) is 277 cm³/mol. The first-order valence-corrected chi connectivity index (χ1v) is 27.2. The Bertz CT molecular complexity index is 3370. The number of anilines is 4. The number of alkyl halides is 36. The van der Waals surface area contributed by atoms with E-state index in [1.54, 1.807) is 0 Å². The molecule has 0 bridgehead atoms. The Balaban J connectivity index is 1.52. The molecule has 4 N–H and O–H groups in total. The summed E-state index contributed by atoms with van der Waals surface area (Å²) in [7, 11) is 0. The third kappa shape index (κ3) is 19.1. The highest BCUT2D eigenvalue weighted by Gasteiger charge is 2.84. The van der Waals surface area contributed by atoms with Crippen molar-refractivity contribution in [2.45, 2.75) is 128 Å². The van der Waals surface area contributed by atoms with Crippen LogP contribution in [0.3, 0.4) is 0 Å². The molecule has 4 aromatic carbocycles. The van der Waals surface area contributed by atoms with E-state index >= 15 is 0 Å². The molecule has 0 heterocycles. The Morgan fingerprint density at radius 3 is 0.610 bits per heavy atom. The van der Waals surface area contributed by atoms with Crippen LogP contribution in [-0.4, -0.2) is 158 Å². The maximum Gasteiger partial charge on any atom is 0.460 e. The molecule has 4 rings (SSSR count). The molecule has 0 radical (unpaired) electrons. The summed E-state index contributed by atoms with van der Waals surface area (Å²) in [6.45, 7) is -8.75. The first-order chi connectivity index (χ1) is 47.1. The lowest BCUT2D eigenvalue weighted by Crippen LogP contribution is -2.61. The summed E-state index contributed by atoms with van der Waals surface area (Å²) in [6.07, 6.45) is -40.6. The van der Waals surface area contributed by atoms with Crippen molar-refractivity contribution < 1.29 is 206 Å². The molecule has 0 atom stereocenters. The van der Waals surface area contributed by atoms with Crippen molar-refractivity contribution in [2.24, 2.45) is 0 Å². The van der Waals surface area contributed by atoms with E-state index in [1.165, 1.54) is 24.3 Å². The number of hydrogen-bond donors (Lipinski definition) is 4. The number of rotatable bonds is 30. The summed E-state index contributed by atoms with van der Waals surface area (Å²) in [5, 5.41) is 7.94. The number of ether oxygens (including phenoxy) is 4. The number of urea groups is 2. The third-order valence-corrected chi connectivity index (χ3v) is 13.6. The summed E-state index contributed by atoms with van der Waals surface area (Å²) in [4.78, 5) is 77.4. The zero-order valence-electron chi connectivity index (χ0n) is 50.1. The van der Waals surface area contributed by atoms with Gasteiger partial charge in [0, 0.05) is 22.7 Å². The van der Waals surface area contributed by atoms with E-state index in [4.69, 9.17) is 0 Å². The van der Waals surface area contributed by atoms with E-state index in [2.05, 4.69) is 29.6 Å². The molecule has 0 saturated carbocycles. The van der Waals surface area contributed by atoms with E-state index in [0.29, 0.717) is 35.4 Å². The Labute approximate surface area is 557 Å². The van der Waals surface area contributed by atoms with Crippen LogP contribution < -0.4 is 21.3 Å². The number of amides is 4. The molecular formula is C55H36F36N4O10. The average Bonchev–Trinajstić information content (AvgIpc) is 0.762. The third-order valence-electron chi connectivity index (χ3n) is 13.6. The van der Waals surface area contributed by atoms with Crippen LogP contribution in [0.25, 0.3) is 0 Å². The van der Waals surface area contributed by atoms with Crippen LogP contribution in [0.15, 0.2) is 84.9 Å². The van der Waals surface area contributed by atoms with Gasteiger partial charge in [0.15, 0.2) is 0 Å². The fourth-order valence-electron chi connectivity index (χ4n) is 7.79. The summed E-state index contributed by atoms with van der Waals surface area (Å²) in [5.74, 6) is -92.6. The largest absolute Gasteiger partial charge is 0.462 e. The van der Waals surface area contributed by atoms with Crippen molar-refractivity contribution in [1.29, 1.82) is 0 Å². The van der Waals surface area contributed by atoms with Crippen molar-refractivity contribution in [3.05, 3.63) is 118 Å². The molecule has 105 heavy (non-hydrogen) atoms. The van der Waals surface area contributed by atoms with Gasteiger partial charge in [0.05, 0.1) is 74.4 Å². The van der Waals surface area contributed by atoms with E-state index in [0.717, 1.165) is 24.3 Å². The highest BCUT2D eigenvalue weighted by Crippen LogP contribution is 2.58. The lowest BCUT2D eigenvalue weighted by Gasteiger charge is -2.33. The van der Waals surface area contributed by atoms with Crippen molar-refractivity contribution in [3.63, 3.8) is 0 Å². The number of benzene rings is 4. The number of esters is 4. The van der Waals surface area contributed by atoms with Gasteiger partial charge in [0.2, 0.25) is 0 Å². The Hall–Kier alpha value is -9.22. The molecule has 0 aromatic heterocycles. The molecule has 4 amide bonds. The van der Waals surface area contributed by atoms with Gasteiger partial charge in [-0.15, -0.1) is 0 Å². The van der Waals surface area contributed by atoms with Crippen LogP contribution >= 0.6 is 0 Å². The summed E-state index contributed by atoms with van der Waals surface area (Å²) >= 11 is 0. The van der Waals surface area contributed by atoms with Gasteiger partial charge in [-0.05, 0) is 78.2 Å². The molecule has 50 heteroatoms. The zero-order chi connectivity index (χ0) is 81.2. The van der Waals surface area contributed by atoms with Crippen molar-refractivity contribution in [1.82, 2.24) is 0 Å². The van der Waals surface area contributed by atoms with E-state index in [1.807, 2.05) is 10.6 Å². The molecular weight excluding hydrogens is 1560 g/mol. The predicted octanol–water partition coefficient (Wildman–Crippen LogP) is 18.6. The second-order valence-corrected chi connectivity index (χ2v) is 21.3.